The number of likely N-dealkylation sites (N-methyl/N-ethyl adjacent to an activating group) is 1. The Hall–Kier alpha value is -3.98. The largest absolute Gasteiger partial charge is 0.324 e. The van der Waals surface area contributed by atoms with Crippen LogP contribution in [0.15, 0.2) is 67.0 Å². The minimum atomic E-state index is -1.47. The van der Waals surface area contributed by atoms with Crippen molar-refractivity contribution >= 4 is 23.1 Å². The standard InChI is InChI=1S/C24H19FN4O4/c1-28-13-18(15-3-2-4-17(11-15)29(32)33)21(22(30)14-7-9-26-10-8-14)24(28)19-12-16(25)5-6-20(19)27-23(24)31/h2-12,18,21H,13H2,1H3,(H,27,31)/t18-,21-,24-/m1/s1. The van der Waals surface area contributed by atoms with Gasteiger partial charge in [0, 0.05) is 53.8 Å². The first-order valence-electron chi connectivity index (χ1n) is 10.4. The molecule has 3 aromatic rings. The van der Waals surface area contributed by atoms with Crippen LogP contribution in [0.2, 0.25) is 0 Å². The van der Waals surface area contributed by atoms with Gasteiger partial charge in [0.15, 0.2) is 5.78 Å². The zero-order valence-corrected chi connectivity index (χ0v) is 17.6. The molecule has 1 fully saturated rings. The lowest BCUT2D eigenvalue weighted by atomic mass is 9.70. The average Bonchev–Trinajstić information content (AvgIpc) is 3.29. The third-order valence-electron chi connectivity index (χ3n) is 6.67. The number of carbonyl (C=O) groups is 2. The van der Waals surface area contributed by atoms with E-state index in [-0.39, 0.29) is 18.0 Å². The Morgan fingerprint density at radius 3 is 2.70 bits per heavy atom. The maximum absolute atomic E-state index is 14.3. The predicted molar refractivity (Wildman–Crippen MR) is 117 cm³/mol. The van der Waals surface area contributed by atoms with Crippen molar-refractivity contribution in [3.63, 3.8) is 0 Å². The van der Waals surface area contributed by atoms with E-state index in [4.69, 9.17) is 0 Å². The van der Waals surface area contributed by atoms with Gasteiger partial charge in [0.1, 0.15) is 11.4 Å². The number of amides is 1. The number of pyridine rings is 1. The number of hydrogen-bond acceptors (Lipinski definition) is 6. The highest BCUT2D eigenvalue weighted by molar-refractivity contribution is 6.12. The fourth-order valence-electron chi connectivity index (χ4n) is 5.28. The van der Waals surface area contributed by atoms with Crippen LogP contribution in [-0.2, 0) is 10.3 Å². The van der Waals surface area contributed by atoms with Gasteiger partial charge in [-0.3, -0.25) is 29.6 Å². The molecule has 2 aromatic carbocycles. The van der Waals surface area contributed by atoms with Gasteiger partial charge in [-0.1, -0.05) is 12.1 Å². The molecule has 2 aliphatic rings. The number of likely N-dealkylation sites (tertiary alicyclic amines) is 1. The lowest BCUT2D eigenvalue weighted by Crippen LogP contribution is -2.51. The fourth-order valence-corrected chi connectivity index (χ4v) is 5.28. The number of fused-ring (bicyclic) bond motifs is 2. The van der Waals surface area contributed by atoms with E-state index in [1.807, 2.05) is 0 Å². The normalized spacial score (nSPS) is 24.0. The summed E-state index contributed by atoms with van der Waals surface area (Å²) in [5.41, 5.74) is 0.188. The van der Waals surface area contributed by atoms with Crippen LogP contribution in [0.5, 0.6) is 0 Å². The van der Waals surface area contributed by atoms with Crippen LogP contribution in [0.25, 0.3) is 0 Å². The van der Waals surface area contributed by atoms with Crippen molar-refractivity contribution in [2.24, 2.45) is 5.92 Å². The molecule has 0 unspecified atom stereocenters. The molecule has 1 N–H and O–H groups in total. The number of hydrogen-bond donors (Lipinski definition) is 1. The Morgan fingerprint density at radius 1 is 1.21 bits per heavy atom. The molecule has 1 amide bonds. The van der Waals surface area contributed by atoms with Gasteiger partial charge in [-0.15, -0.1) is 0 Å². The number of nitrogens with zero attached hydrogens (tertiary/aromatic N) is 3. The number of ketones is 1. The molecule has 5 rings (SSSR count). The molecule has 2 aliphatic heterocycles. The Kier molecular flexibility index (Phi) is 4.79. The first kappa shape index (κ1) is 20.9. The number of carbonyl (C=O) groups excluding carboxylic acids is 2. The predicted octanol–water partition coefficient (Wildman–Crippen LogP) is 3.50. The van der Waals surface area contributed by atoms with Crippen molar-refractivity contribution in [3.05, 3.63) is 99.6 Å². The van der Waals surface area contributed by atoms with Crippen LogP contribution in [0.1, 0.15) is 27.4 Å². The van der Waals surface area contributed by atoms with Gasteiger partial charge >= 0.3 is 0 Å². The Bertz CT molecular complexity index is 1300. The van der Waals surface area contributed by atoms with Crippen molar-refractivity contribution < 1.29 is 18.9 Å². The molecule has 1 saturated heterocycles. The molecule has 9 heteroatoms. The number of nitro benzene ring substituents is 1. The molecular weight excluding hydrogens is 427 g/mol. The summed E-state index contributed by atoms with van der Waals surface area (Å²) in [7, 11) is 1.71. The van der Waals surface area contributed by atoms with Gasteiger partial charge in [-0.05, 0) is 42.9 Å². The minimum absolute atomic E-state index is 0.103. The number of aromatic nitrogens is 1. The second-order valence-electron chi connectivity index (χ2n) is 8.33. The number of anilines is 1. The van der Waals surface area contributed by atoms with E-state index in [0.29, 0.717) is 22.4 Å². The summed E-state index contributed by atoms with van der Waals surface area (Å²) in [5.74, 6) is -2.76. The van der Waals surface area contributed by atoms with Crippen LogP contribution >= 0.6 is 0 Å². The topological polar surface area (TPSA) is 105 Å². The highest BCUT2D eigenvalue weighted by Crippen LogP contribution is 2.55. The summed E-state index contributed by atoms with van der Waals surface area (Å²) >= 11 is 0. The van der Waals surface area contributed by atoms with Crippen molar-refractivity contribution in [2.45, 2.75) is 11.5 Å². The molecule has 0 saturated carbocycles. The molecule has 166 valence electrons. The van der Waals surface area contributed by atoms with E-state index in [9.17, 15) is 24.1 Å². The average molecular weight is 446 g/mol. The van der Waals surface area contributed by atoms with Gasteiger partial charge in [0.2, 0.25) is 5.91 Å². The lowest BCUT2D eigenvalue weighted by Gasteiger charge is -2.35. The highest BCUT2D eigenvalue weighted by atomic mass is 19.1. The Balaban J connectivity index is 1.74. The molecule has 0 bridgehead atoms. The second kappa shape index (κ2) is 7.56. The number of nitrogens with one attached hydrogen (secondary N) is 1. The smallest absolute Gasteiger partial charge is 0.269 e. The Morgan fingerprint density at radius 2 is 1.97 bits per heavy atom. The number of benzene rings is 2. The zero-order valence-electron chi connectivity index (χ0n) is 17.6. The molecule has 3 heterocycles. The molecular formula is C24H19FN4O4. The minimum Gasteiger partial charge on any atom is -0.324 e. The quantitative estimate of drug-likeness (QED) is 0.374. The van der Waals surface area contributed by atoms with Gasteiger partial charge in [0.25, 0.3) is 5.69 Å². The summed E-state index contributed by atoms with van der Waals surface area (Å²) in [5, 5.41) is 14.2. The second-order valence-corrected chi connectivity index (χ2v) is 8.33. The maximum atomic E-state index is 14.3. The van der Waals surface area contributed by atoms with Crippen LogP contribution in [0, 0.1) is 21.8 Å². The summed E-state index contributed by atoms with van der Waals surface area (Å²) in [4.78, 5) is 44.1. The number of rotatable bonds is 4. The molecule has 33 heavy (non-hydrogen) atoms. The third kappa shape index (κ3) is 3.04. The molecule has 8 nitrogen and oxygen atoms in total. The number of nitro groups is 1. The monoisotopic (exact) mass is 446 g/mol. The van der Waals surface area contributed by atoms with Gasteiger partial charge in [-0.25, -0.2) is 4.39 Å². The molecule has 1 aromatic heterocycles. The molecule has 3 atom stereocenters. The molecule has 1 spiro atoms. The molecule has 0 radical (unpaired) electrons. The first-order chi connectivity index (χ1) is 15.8. The maximum Gasteiger partial charge on any atom is 0.269 e. The van der Waals surface area contributed by atoms with Gasteiger partial charge in [-0.2, -0.15) is 0 Å². The fraction of sp³-hybridized carbons (Fsp3) is 0.208. The van der Waals surface area contributed by atoms with Crippen LogP contribution in [0.4, 0.5) is 15.8 Å². The summed E-state index contributed by atoms with van der Waals surface area (Å²) in [6.45, 7) is 0.270. The molecule has 0 aliphatic carbocycles. The van der Waals surface area contributed by atoms with Crippen molar-refractivity contribution in [2.75, 3.05) is 18.9 Å². The summed E-state index contributed by atoms with van der Waals surface area (Å²) in [6.07, 6.45) is 2.98. The van der Waals surface area contributed by atoms with Crippen LogP contribution in [0.3, 0.4) is 0 Å². The number of halogens is 1. The van der Waals surface area contributed by atoms with Crippen molar-refractivity contribution in [1.29, 1.82) is 0 Å². The third-order valence-corrected chi connectivity index (χ3v) is 6.67. The van der Waals surface area contributed by atoms with Crippen molar-refractivity contribution in [1.82, 2.24) is 9.88 Å². The van der Waals surface area contributed by atoms with E-state index >= 15 is 0 Å². The van der Waals surface area contributed by atoms with E-state index in [2.05, 4.69) is 10.3 Å². The van der Waals surface area contributed by atoms with E-state index in [0.717, 1.165) is 0 Å². The zero-order chi connectivity index (χ0) is 23.3. The SMILES string of the molecule is CN1C[C@H](c2cccc([N+](=O)[O-])c2)[C@H](C(=O)c2ccncc2)[C@]12C(=O)Nc1ccc(F)cc12. The van der Waals surface area contributed by atoms with Gasteiger partial charge in [0.05, 0.1) is 10.8 Å². The van der Waals surface area contributed by atoms with E-state index < -0.39 is 34.0 Å². The van der Waals surface area contributed by atoms with Crippen LogP contribution in [-0.4, -0.2) is 40.1 Å². The summed E-state index contributed by atoms with van der Waals surface area (Å²) < 4.78 is 14.3. The summed E-state index contributed by atoms with van der Waals surface area (Å²) in [6, 6.07) is 13.3. The lowest BCUT2D eigenvalue weighted by molar-refractivity contribution is -0.384. The van der Waals surface area contributed by atoms with E-state index in [1.165, 1.54) is 42.7 Å². The van der Waals surface area contributed by atoms with E-state index in [1.54, 1.807) is 36.2 Å². The Labute approximate surface area is 188 Å². The van der Waals surface area contributed by atoms with Gasteiger partial charge < -0.3 is 5.32 Å². The van der Waals surface area contributed by atoms with Crippen molar-refractivity contribution in [3.8, 4) is 0 Å². The number of non-ortho nitro benzene ring substituents is 1. The highest BCUT2D eigenvalue weighted by Gasteiger charge is 2.64. The first-order valence-corrected chi connectivity index (χ1v) is 10.4. The van der Waals surface area contributed by atoms with Crippen LogP contribution < -0.4 is 5.32 Å². The number of Topliss-reactive ketones (excluding diaryl/α,β-unsaturated/α-hetero) is 1.